The summed E-state index contributed by atoms with van der Waals surface area (Å²) in [5.41, 5.74) is 0.969. The minimum absolute atomic E-state index is 0.141. The lowest BCUT2D eigenvalue weighted by Gasteiger charge is -2.15. The van der Waals surface area contributed by atoms with Gasteiger partial charge in [-0.05, 0) is 35.2 Å². The molecule has 0 aliphatic rings. The van der Waals surface area contributed by atoms with Gasteiger partial charge in [-0.2, -0.15) is 11.3 Å². The molecule has 0 aliphatic heterocycles. The van der Waals surface area contributed by atoms with Crippen LogP contribution >= 0.6 is 11.3 Å². The number of carbonyl (C=O) groups excluding carboxylic acids is 2. The summed E-state index contributed by atoms with van der Waals surface area (Å²) < 4.78 is 5.12. The van der Waals surface area contributed by atoms with Gasteiger partial charge >= 0.3 is 5.97 Å². The van der Waals surface area contributed by atoms with Crippen molar-refractivity contribution in [1.82, 2.24) is 5.32 Å². The van der Waals surface area contributed by atoms with Gasteiger partial charge in [0.2, 0.25) is 5.91 Å². The number of hydrogen-bond donors (Lipinski definition) is 1. The van der Waals surface area contributed by atoms with E-state index < -0.39 is 6.04 Å². The van der Waals surface area contributed by atoms with Crippen LogP contribution < -0.4 is 5.32 Å². The molecule has 0 bridgehead atoms. The van der Waals surface area contributed by atoms with Crippen molar-refractivity contribution in [2.45, 2.75) is 45.6 Å². The Kier molecular flexibility index (Phi) is 7.18. The van der Waals surface area contributed by atoms with Crippen LogP contribution in [-0.2, 0) is 20.7 Å². The summed E-state index contributed by atoms with van der Waals surface area (Å²) in [5, 5.41) is 6.58. The average molecular weight is 283 g/mol. The minimum atomic E-state index is -0.539. The number of esters is 1. The summed E-state index contributed by atoms with van der Waals surface area (Å²) in [6.45, 7) is 4.32. The Morgan fingerprint density at radius 2 is 2.21 bits per heavy atom. The minimum Gasteiger partial charge on any atom is -0.464 e. The van der Waals surface area contributed by atoms with Crippen molar-refractivity contribution >= 4 is 23.2 Å². The molecule has 1 rings (SSSR count). The first-order chi connectivity index (χ1) is 9.17. The SMILES string of the molecule is CCCCOC(=O)C(CC)NC(=O)Cc1ccsc1. The first-order valence-corrected chi connectivity index (χ1v) is 7.58. The highest BCUT2D eigenvalue weighted by Crippen LogP contribution is 2.07. The van der Waals surface area contributed by atoms with Crippen molar-refractivity contribution in [3.8, 4) is 0 Å². The molecule has 1 aromatic rings. The van der Waals surface area contributed by atoms with E-state index in [0.717, 1.165) is 18.4 Å². The number of hydrogen-bond acceptors (Lipinski definition) is 4. The van der Waals surface area contributed by atoms with Gasteiger partial charge in [0.05, 0.1) is 13.0 Å². The van der Waals surface area contributed by atoms with Crippen LogP contribution in [0, 0.1) is 0 Å². The number of unbranched alkanes of at least 4 members (excludes halogenated alkanes) is 1. The largest absolute Gasteiger partial charge is 0.464 e. The Bertz CT molecular complexity index is 389. The molecule has 0 saturated heterocycles. The summed E-state index contributed by atoms with van der Waals surface area (Å²) >= 11 is 1.55. The van der Waals surface area contributed by atoms with E-state index in [1.165, 1.54) is 0 Å². The van der Waals surface area contributed by atoms with Crippen LogP contribution in [0.3, 0.4) is 0 Å². The molecule has 0 saturated carbocycles. The van der Waals surface area contributed by atoms with Crippen LogP contribution in [0.4, 0.5) is 0 Å². The fraction of sp³-hybridized carbons (Fsp3) is 0.571. The Labute approximate surface area is 118 Å². The average Bonchev–Trinajstić information content (AvgIpc) is 2.88. The molecular weight excluding hydrogens is 262 g/mol. The van der Waals surface area contributed by atoms with Gasteiger partial charge in [-0.25, -0.2) is 4.79 Å². The Morgan fingerprint density at radius 1 is 1.42 bits per heavy atom. The van der Waals surface area contributed by atoms with Gasteiger partial charge in [-0.1, -0.05) is 20.3 Å². The highest BCUT2D eigenvalue weighted by atomic mass is 32.1. The number of thiophene rings is 1. The van der Waals surface area contributed by atoms with E-state index in [1.807, 2.05) is 30.7 Å². The lowest BCUT2D eigenvalue weighted by Crippen LogP contribution is -2.42. The Balaban J connectivity index is 2.38. The maximum Gasteiger partial charge on any atom is 0.328 e. The zero-order valence-corrected chi connectivity index (χ0v) is 12.3. The maximum atomic E-state index is 11.8. The van der Waals surface area contributed by atoms with Gasteiger partial charge in [0, 0.05) is 0 Å². The summed E-state index contributed by atoms with van der Waals surface area (Å²) in [5.74, 6) is -0.479. The third-order valence-corrected chi connectivity index (χ3v) is 3.45. The van der Waals surface area contributed by atoms with Gasteiger partial charge in [0.25, 0.3) is 0 Å². The topological polar surface area (TPSA) is 55.4 Å². The quantitative estimate of drug-likeness (QED) is 0.589. The first kappa shape index (κ1) is 15.7. The summed E-state index contributed by atoms with van der Waals surface area (Å²) in [6, 6.07) is 1.37. The lowest BCUT2D eigenvalue weighted by atomic mass is 10.2. The molecule has 0 aliphatic carbocycles. The van der Waals surface area contributed by atoms with E-state index in [4.69, 9.17) is 4.74 Å². The number of rotatable bonds is 8. The summed E-state index contributed by atoms with van der Waals surface area (Å²) in [4.78, 5) is 23.6. The molecule has 0 fully saturated rings. The highest BCUT2D eigenvalue weighted by Gasteiger charge is 2.20. The molecular formula is C14H21NO3S. The molecule has 1 N–H and O–H groups in total. The second-order valence-electron chi connectivity index (χ2n) is 4.36. The molecule has 1 amide bonds. The van der Waals surface area contributed by atoms with Crippen molar-refractivity contribution in [2.24, 2.45) is 0 Å². The van der Waals surface area contributed by atoms with E-state index >= 15 is 0 Å². The second kappa shape index (κ2) is 8.69. The molecule has 1 aromatic heterocycles. The van der Waals surface area contributed by atoms with E-state index in [0.29, 0.717) is 19.4 Å². The van der Waals surface area contributed by atoms with Crippen LogP contribution in [0.2, 0.25) is 0 Å². The number of carbonyl (C=O) groups is 2. The van der Waals surface area contributed by atoms with Crippen molar-refractivity contribution in [3.05, 3.63) is 22.4 Å². The van der Waals surface area contributed by atoms with Crippen LogP contribution in [0.15, 0.2) is 16.8 Å². The van der Waals surface area contributed by atoms with Crippen LogP contribution in [0.1, 0.15) is 38.7 Å². The monoisotopic (exact) mass is 283 g/mol. The van der Waals surface area contributed by atoms with Crippen molar-refractivity contribution in [3.63, 3.8) is 0 Å². The summed E-state index contributed by atoms with van der Waals surface area (Å²) in [7, 11) is 0. The van der Waals surface area contributed by atoms with Crippen LogP contribution in [0.5, 0.6) is 0 Å². The van der Waals surface area contributed by atoms with Gasteiger partial charge in [-0.15, -0.1) is 0 Å². The Morgan fingerprint density at radius 3 is 2.79 bits per heavy atom. The van der Waals surface area contributed by atoms with Gasteiger partial charge < -0.3 is 10.1 Å². The zero-order valence-electron chi connectivity index (χ0n) is 11.5. The van der Waals surface area contributed by atoms with Gasteiger partial charge in [-0.3, -0.25) is 4.79 Å². The number of ether oxygens (including phenoxy) is 1. The third kappa shape index (κ3) is 5.87. The third-order valence-electron chi connectivity index (χ3n) is 2.71. The molecule has 4 nitrogen and oxygen atoms in total. The van der Waals surface area contributed by atoms with E-state index in [9.17, 15) is 9.59 Å². The van der Waals surface area contributed by atoms with E-state index in [2.05, 4.69) is 5.32 Å². The number of nitrogens with one attached hydrogen (secondary N) is 1. The Hall–Kier alpha value is -1.36. The van der Waals surface area contributed by atoms with Gasteiger partial charge in [0.15, 0.2) is 0 Å². The fourth-order valence-electron chi connectivity index (χ4n) is 1.57. The lowest BCUT2D eigenvalue weighted by molar-refractivity contribution is -0.148. The molecule has 0 aromatic carbocycles. The summed E-state index contributed by atoms with van der Waals surface area (Å²) in [6.07, 6.45) is 2.68. The number of amides is 1. The smallest absolute Gasteiger partial charge is 0.328 e. The second-order valence-corrected chi connectivity index (χ2v) is 5.14. The molecule has 0 radical (unpaired) electrons. The zero-order chi connectivity index (χ0) is 14.1. The molecule has 0 spiro atoms. The normalized spacial score (nSPS) is 11.9. The van der Waals surface area contributed by atoms with E-state index in [1.54, 1.807) is 11.3 Å². The van der Waals surface area contributed by atoms with Crippen molar-refractivity contribution < 1.29 is 14.3 Å². The first-order valence-electron chi connectivity index (χ1n) is 6.64. The standard InChI is InChI=1S/C14H21NO3S/c1-3-5-7-18-14(17)12(4-2)15-13(16)9-11-6-8-19-10-11/h6,8,10,12H,3-5,7,9H2,1-2H3,(H,15,16). The molecule has 106 valence electrons. The van der Waals surface area contributed by atoms with Crippen LogP contribution in [0.25, 0.3) is 0 Å². The highest BCUT2D eigenvalue weighted by molar-refractivity contribution is 7.07. The molecule has 1 atom stereocenters. The molecule has 1 heterocycles. The molecule has 5 heteroatoms. The fourth-order valence-corrected chi connectivity index (χ4v) is 2.24. The van der Waals surface area contributed by atoms with Crippen molar-refractivity contribution in [2.75, 3.05) is 6.61 Å². The molecule has 19 heavy (non-hydrogen) atoms. The van der Waals surface area contributed by atoms with E-state index in [-0.39, 0.29) is 11.9 Å². The van der Waals surface area contributed by atoms with Crippen LogP contribution in [-0.4, -0.2) is 24.5 Å². The predicted molar refractivity (Wildman–Crippen MR) is 76.1 cm³/mol. The van der Waals surface area contributed by atoms with Gasteiger partial charge in [0.1, 0.15) is 6.04 Å². The predicted octanol–water partition coefficient (Wildman–Crippen LogP) is 2.53. The molecule has 1 unspecified atom stereocenters. The maximum absolute atomic E-state index is 11.8. The van der Waals surface area contributed by atoms with Crippen molar-refractivity contribution in [1.29, 1.82) is 0 Å².